The lowest BCUT2D eigenvalue weighted by Crippen LogP contribution is -2.66. The number of aliphatic hydroxyl groups excluding tert-OH is 10. The molecule has 8 fully saturated rings. The van der Waals surface area contributed by atoms with Crippen molar-refractivity contribution in [2.45, 2.75) is 223 Å². The van der Waals surface area contributed by atoms with Gasteiger partial charge < -0.3 is 93.8 Å². The molecule has 0 radical (unpaired) electrons. The summed E-state index contributed by atoms with van der Waals surface area (Å²) in [5, 5.41) is 109. The van der Waals surface area contributed by atoms with E-state index < -0.39 is 147 Å². The number of esters is 1. The zero-order valence-corrected chi connectivity index (χ0v) is 42.0. The summed E-state index contributed by atoms with van der Waals surface area (Å²) in [6.07, 6.45) is -16.8. The summed E-state index contributed by atoms with van der Waals surface area (Å²) >= 11 is 0. The molecule has 20 nitrogen and oxygen atoms in total. The smallest absolute Gasteiger partial charge is 0.315 e. The maximum atomic E-state index is 15.0. The largest absolute Gasteiger partial charge is 0.432 e. The Hall–Kier alpha value is -1.80. The van der Waals surface area contributed by atoms with E-state index >= 15 is 4.79 Å². The third kappa shape index (κ3) is 8.71. The third-order valence-electron chi connectivity index (χ3n) is 20.2. The number of carbonyl (C=O) groups excluding carboxylic acids is 2. The van der Waals surface area contributed by atoms with E-state index in [1.54, 1.807) is 0 Å². The van der Waals surface area contributed by atoms with Crippen molar-refractivity contribution in [3.8, 4) is 0 Å². The summed E-state index contributed by atoms with van der Waals surface area (Å²) < 4.78 is 46.5. The monoisotopic (exact) mass is 1010 g/mol. The zero-order chi connectivity index (χ0) is 51.5. The fourth-order valence-electron chi connectivity index (χ4n) is 15.4. The summed E-state index contributed by atoms with van der Waals surface area (Å²) in [7, 11) is 0. The fraction of sp³-hybridized carbons (Fsp3) is 0.922. The average molecular weight is 1010 g/mol. The Labute approximate surface area is 414 Å². The molecule has 0 aromatic rings. The molecule has 0 aromatic heterocycles. The van der Waals surface area contributed by atoms with Gasteiger partial charge in [-0.05, 0) is 111 Å². The van der Waals surface area contributed by atoms with E-state index in [0.717, 1.165) is 51.2 Å². The molecule has 10 N–H and O–H groups in total. The van der Waals surface area contributed by atoms with Gasteiger partial charge in [-0.1, -0.05) is 53.2 Å². The van der Waals surface area contributed by atoms with Crippen LogP contribution < -0.4 is 0 Å². The Bertz CT molecular complexity index is 1990. The van der Waals surface area contributed by atoms with Gasteiger partial charge in [-0.15, -0.1) is 0 Å². The molecule has 71 heavy (non-hydrogen) atoms. The van der Waals surface area contributed by atoms with Gasteiger partial charge in [0.05, 0.1) is 42.9 Å². The maximum absolute atomic E-state index is 15.0. The van der Waals surface area contributed by atoms with Crippen LogP contribution >= 0.6 is 0 Å². The first-order valence-electron chi connectivity index (χ1n) is 25.9. The molecule has 4 saturated carbocycles. The second kappa shape index (κ2) is 19.3. The highest BCUT2D eigenvalue weighted by molar-refractivity contribution is 5.79. The van der Waals surface area contributed by atoms with Gasteiger partial charge in [0.2, 0.25) is 6.29 Å². The number of hydrogen-bond acceptors (Lipinski definition) is 20. The highest BCUT2D eigenvalue weighted by Gasteiger charge is 2.70. The predicted octanol–water partition coefficient (Wildman–Crippen LogP) is 0.0886. The Morgan fingerprint density at radius 1 is 0.634 bits per heavy atom. The van der Waals surface area contributed by atoms with E-state index in [9.17, 15) is 55.9 Å². The third-order valence-corrected chi connectivity index (χ3v) is 20.2. The Morgan fingerprint density at radius 3 is 1.97 bits per heavy atom. The molecule has 4 heterocycles. The minimum absolute atomic E-state index is 0.0536. The number of allylic oxidation sites excluding steroid dienone is 2. The molecule has 4 aliphatic heterocycles. The summed E-state index contributed by atoms with van der Waals surface area (Å²) in [6.45, 7) is 13.7. The van der Waals surface area contributed by atoms with Gasteiger partial charge in [-0.25, -0.2) is 0 Å². The lowest BCUT2D eigenvalue weighted by Gasteiger charge is -2.71. The van der Waals surface area contributed by atoms with Crippen LogP contribution in [0.5, 0.6) is 0 Å². The van der Waals surface area contributed by atoms with Crippen molar-refractivity contribution in [3.05, 3.63) is 11.6 Å². The molecule has 0 bridgehead atoms. The van der Waals surface area contributed by atoms with Crippen molar-refractivity contribution in [3.63, 3.8) is 0 Å². The van der Waals surface area contributed by atoms with Gasteiger partial charge in [-0.2, -0.15) is 0 Å². The first kappa shape index (κ1) is 54.0. The van der Waals surface area contributed by atoms with Crippen LogP contribution in [0, 0.1) is 50.2 Å². The summed E-state index contributed by atoms with van der Waals surface area (Å²) in [5.74, 6) is -0.352. The summed E-state index contributed by atoms with van der Waals surface area (Å²) in [5.41, 5.74) is -1.12. The first-order valence-corrected chi connectivity index (χ1v) is 25.9. The quantitative estimate of drug-likeness (QED) is 0.0831. The van der Waals surface area contributed by atoms with Crippen LogP contribution in [0.1, 0.15) is 113 Å². The van der Waals surface area contributed by atoms with Crippen LogP contribution in [-0.4, -0.2) is 194 Å². The molecular weight excluding hydrogens is 933 g/mol. The number of fused-ring (bicyclic) bond motifs is 7. The maximum Gasteiger partial charge on any atom is 0.315 e. The predicted molar refractivity (Wildman–Crippen MR) is 244 cm³/mol. The van der Waals surface area contributed by atoms with Gasteiger partial charge in [0.25, 0.3) is 0 Å². The Kier molecular flexibility index (Phi) is 14.7. The molecule has 9 aliphatic rings. The number of hydrogen-bond donors (Lipinski definition) is 10. The first-order chi connectivity index (χ1) is 33.3. The molecule has 0 spiro atoms. The van der Waals surface area contributed by atoms with Gasteiger partial charge in [-0.3, -0.25) is 4.79 Å². The second-order valence-corrected chi connectivity index (χ2v) is 24.6. The number of ether oxygens (including phenoxy) is 8. The van der Waals surface area contributed by atoms with Crippen LogP contribution in [0.15, 0.2) is 11.6 Å². The lowest BCUT2D eigenvalue weighted by atomic mass is 9.33. The van der Waals surface area contributed by atoms with Crippen LogP contribution in [0.25, 0.3) is 0 Å². The number of carbonyl (C=O) groups is 2. The molecule has 404 valence electrons. The standard InChI is InChI=1S/C51H80O20/c1-23-32(56)35(59)40(70-41-36(60)33(57)26(53)19-64-41)44(67-23)68-28-21-66-42(37(61)34(28)58)69-39-27(54)20-65-43(38(39)62)71-45(63)51-16-14-46(2,3)18-25(51)24-8-9-30-47(4)12-11-31(55)48(5,22-52)29(47)10-13-50(30,7)49(24,6)15-17-51/h8,22-23,25-44,53-62H,9-21H2,1-7H3. The summed E-state index contributed by atoms with van der Waals surface area (Å²) in [6, 6.07) is 0. The minimum atomic E-state index is -1.86. The van der Waals surface area contributed by atoms with E-state index in [4.69, 9.17) is 37.9 Å². The lowest BCUT2D eigenvalue weighted by molar-refractivity contribution is -0.377. The van der Waals surface area contributed by atoms with E-state index in [-0.39, 0.29) is 39.4 Å². The van der Waals surface area contributed by atoms with Crippen LogP contribution in [0.4, 0.5) is 0 Å². The number of aliphatic hydroxyl groups is 10. The van der Waals surface area contributed by atoms with Crippen molar-refractivity contribution >= 4 is 12.3 Å². The van der Waals surface area contributed by atoms with Gasteiger partial charge in [0, 0.05) is 0 Å². The van der Waals surface area contributed by atoms with Gasteiger partial charge in [0.15, 0.2) is 18.9 Å². The van der Waals surface area contributed by atoms with Crippen LogP contribution in [-0.2, 0) is 47.5 Å². The topological polar surface area (TPSA) is 310 Å². The molecule has 0 aromatic carbocycles. The highest BCUT2D eigenvalue weighted by Crippen LogP contribution is 2.76. The molecule has 26 atom stereocenters. The molecule has 0 amide bonds. The van der Waals surface area contributed by atoms with E-state index in [1.165, 1.54) is 12.5 Å². The van der Waals surface area contributed by atoms with Crippen molar-refractivity contribution < 1.29 is 98.5 Å². The molecule has 26 unspecified atom stereocenters. The normalized spacial score (nSPS) is 55.1. The van der Waals surface area contributed by atoms with Gasteiger partial charge >= 0.3 is 5.97 Å². The minimum Gasteiger partial charge on any atom is -0.432 e. The molecular formula is C51H80O20. The molecule has 4 saturated heterocycles. The van der Waals surface area contributed by atoms with Crippen LogP contribution in [0.3, 0.4) is 0 Å². The number of aldehydes is 1. The molecule has 5 aliphatic carbocycles. The van der Waals surface area contributed by atoms with Crippen molar-refractivity contribution in [2.75, 3.05) is 19.8 Å². The molecule has 9 rings (SSSR count). The number of rotatable bonds is 9. The van der Waals surface area contributed by atoms with E-state index in [0.29, 0.717) is 19.3 Å². The molecule has 20 heteroatoms. The highest BCUT2D eigenvalue weighted by atomic mass is 16.8. The van der Waals surface area contributed by atoms with E-state index in [2.05, 4.69) is 40.7 Å². The Morgan fingerprint density at radius 2 is 1.27 bits per heavy atom. The fourth-order valence-corrected chi connectivity index (χ4v) is 15.4. The SMILES string of the molecule is CC1OC(OC2COC(OC3C(O)COC(OC(=O)C45CCC(C)(C)CC4C4=CCC6C7(C)CCC(O)C(C)(C=O)C7CCC6(C)C4(C)CC5)C3O)C(O)C2O)C(OC2OCC(O)C(O)C2O)C(O)C1O. The van der Waals surface area contributed by atoms with Crippen molar-refractivity contribution in [1.29, 1.82) is 0 Å². The van der Waals surface area contributed by atoms with Crippen LogP contribution in [0.2, 0.25) is 0 Å². The summed E-state index contributed by atoms with van der Waals surface area (Å²) in [4.78, 5) is 27.7. The van der Waals surface area contributed by atoms with E-state index in [1.807, 2.05) is 6.92 Å². The average Bonchev–Trinajstić information content (AvgIpc) is 3.32. The van der Waals surface area contributed by atoms with Crippen molar-refractivity contribution in [2.24, 2.45) is 50.2 Å². The zero-order valence-electron chi connectivity index (χ0n) is 42.0. The second-order valence-electron chi connectivity index (χ2n) is 24.6. The van der Waals surface area contributed by atoms with Crippen molar-refractivity contribution in [1.82, 2.24) is 0 Å². The Balaban J connectivity index is 0.877. The van der Waals surface area contributed by atoms with Gasteiger partial charge in [0.1, 0.15) is 79.5 Å².